The van der Waals surface area contributed by atoms with Crippen LogP contribution in [0.15, 0.2) is 12.4 Å². The average molecular weight is 223 g/mol. The van der Waals surface area contributed by atoms with Crippen molar-refractivity contribution in [2.45, 2.75) is 20.3 Å². The molecule has 4 N–H and O–H groups in total. The monoisotopic (exact) mass is 223 g/mol. The molecule has 0 aliphatic carbocycles. The highest BCUT2D eigenvalue weighted by atomic mass is 16.1. The van der Waals surface area contributed by atoms with Gasteiger partial charge in [-0.25, -0.2) is 15.8 Å². The summed E-state index contributed by atoms with van der Waals surface area (Å²) in [6.07, 6.45) is 3.83. The molecule has 0 saturated carbocycles. The lowest BCUT2D eigenvalue weighted by molar-refractivity contribution is 0.0942. The standard InChI is InChI=1S/C10H17N5O/c1-3-7(2)4-14-10(16)8-5-13-9(15-11)6-12-8/h5-7H,3-4,11H2,1-2H3,(H,13,15)(H,14,16). The number of hydrogen-bond donors (Lipinski definition) is 3. The van der Waals surface area contributed by atoms with E-state index < -0.39 is 0 Å². The summed E-state index contributed by atoms with van der Waals surface area (Å²) in [6, 6.07) is 0. The van der Waals surface area contributed by atoms with Crippen molar-refractivity contribution < 1.29 is 4.79 Å². The van der Waals surface area contributed by atoms with Gasteiger partial charge < -0.3 is 10.7 Å². The zero-order valence-electron chi connectivity index (χ0n) is 9.53. The van der Waals surface area contributed by atoms with Crippen molar-refractivity contribution in [1.82, 2.24) is 15.3 Å². The summed E-state index contributed by atoms with van der Waals surface area (Å²) in [7, 11) is 0. The first kappa shape index (κ1) is 12.4. The van der Waals surface area contributed by atoms with Crippen molar-refractivity contribution >= 4 is 11.7 Å². The van der Waals surface area contributed by atoms with Crippen LogP contribution in [0.4, 0.5) is 5.82 Å². The van der Waals surface area contributed by atoms with Crippen molar-refractivity contribution in [3.8, 4) is 0 Å². The lowest BCUT2D eigenvalue weighted by Crippen LogP contribution is -2.29. The average Bonchev–Trinajstić information content (AvgIpc) is 2.35. The number of rotatable bonds is 5. The van der Waals surface area contributed by atoms with Gasteiger partial charge in [0, 0.05) is 6.54 Å². The first-order chi connectivity index (χ1) is 7.67. The number of aromatic nitrogens is 2. The molecular formula is C10H17N5O. The third kappa shape index (κ3) is 3.47. The second kappa shape index (κ2) is 6.02. The summed E-state index contributed by atoms with van der Waals surface area (Å²) in [5.41, 5.74) is 2.64. The molecule has 6 heteroatoms. The van der Waals surface area contributed by atoms with Crippen molar-refractivity contribution in [1.29, 1.82) is 0 Å². The van der Waals surface area contributed by atoms with Crippen molar-refractivity contribution in [3.63, 3.8) is 0 Å². The highest BCUT2D eigenvalue weighted by Gasteiger charge is 2.08. The number of amides is 1. The fraction of sp³-hybridized carbons (Fsp3) is 0.500. The fourth-order valence-corrected chi connectivity index (χ4v) is 1.02. The summed E-state index contributed by atoms with van der Waals surface area (Å²) in [4.78, 5) is 19.4. The molecule has 1 heterocycles. The highest BCUT2D eigenvalue weighted by molar-refractivity contribution is 5.91. The Morgan fingerprint density at radius 3 is 2.75 bits per heavy atom. The van der Waals surface area contributed by atoms with Crippen LogP contribution in [0.5, 0.6) is 0 Å². The van der Waals surface area contributed by atoms with Gasteiger partial charge in [0.1, 0.15) is 5.69 Å². The molecule has 0 aromatic carbocycles. The largest absolute Gasteiger partial charge is 0.350 e. The van der Waals surface area contributed by atoms with Gasteiger partial charge in [0.25, 0.3) is 5.91 Å². The van der Waals surface area contributed by atoms with Gasteiger partial charge in [0.05, 0.1) is 12.4 Å². The van der Waals surface area contributed by atoms with Crippen LogP contribution in [0.1, 0.15) is 30.8 Å². The van der Waals surface area contributed by atoms with Gasteiger partial charge in [-0.05, 0) is 5.92 Å². The Hall–Kier alpha value is -1.69. The summed E-state index contributed by atoms with van der Waals surface area (Å²) in [5, 5.41) is 2.79. The van der Waals surface area contributed by atoms with E-state index in [-0.39, 0.29) is 5.91 Å². The van der Waals surface area contributed by atoms with E-state index >= 15 is 0 Å². The van der Waals surface area contributed by atoms with Gasteiger partial charge in [-0.1, -0.05) is 20.3 Å². The number of anilines is 1. The molecule has 88 valence electrons. The third-order valence-electron chi connectivity index (χ3n) is 2.34. The first-order valence-corrected chi connectivity index (χ1v) is 5.24. The van der Waals surface area contributed by atoms with Crippen LogP contribution in [-0.4, -0.2) is 22.4 Å². The molecule has 1 amide bonds. The van der Waals surface area contributed by atoms with Gasteiger partial charge in [-0.2, -0.15) is 0 Å². The predicted molar refractivity (Wildman–Crippen MR) is 61.6 cm³/mol. The summed E-state index contributed by atoms with van der Waals surface area (Å²) < 4.78 is 0. The molecule has 0 fully saturated rings. The molecule has 1 aromatic heterocycles. The molecule has 0 radical (unpaired) electrons. The molecule has 0 saturated heterocycles. The van der Waals surface area contributed by atoms with Crippen molar-refractivity contribution in [2.24, 2.45) is 11.8 Å². The fourth-order valence-electron chi connectivity index (χ4n) is 1.02. The number of nitrogens with zero attached hydrogens (tertiary/aromatic N) is 2. The van der Waals surface area contributed by atoms with E-state index in [1.807, 2.05) is 0 Å². The normalized spacial score (nSPS) is 11.9. The summed E-state index contributed by atoms with van der Waals surface area (Å²) >= 11 is 0. The maximum atomic E-state index is 11.6. The van der Waals surface area contributed by atoms with Crippen molar-refractivity contribution in [2.75, 3.05) is 12.0 Å². The zero-order chi connectivity index (χ0) is 12.0. The zero-order valence-corrected chi connectivity index (χ0v) is 9.53. The Labute approximate surface area is 94.6 Å². The molecule has 1 aromatic rings. The highest BCUT2D eigenvalue weighted by Crippen LogP contribution is 2.01. The minimum absolute atomic E-state index is 0.212. The van der Waals surface area contributed by atoms with Crippen LogP contribution in [0.2, 0.25) is 0 Å². The van der Waals surface area contributed by atoms with E-state index in [2.05, 4.69) is 34.6 Å². The Kier molecular flexibility index (Phi) is 4.65. The molecule has 1 unspecified atom stereocenters. The van der Waals surface area contributed by atoms with Gasteiger partial charge in [0.2, 0.25) is 0 Å². The molecule has 0 spiro atoms. The Balaban J connectivity index is 2.52. The number of hydrazine groups is 1. The van der Waals surface area contributed by atoms with E-state index in [4.69, 9.17) is 5.84 Å². The van der Waals surface area contributed by atoms with E-state index in [0.717, 1.165) is 6.42 Å². The van der Waals surface area contributed by atoms with Crippen LogP contribution in [0.3, 0.4) is 0 Å². The minimum Gasteiger partial charge on any atom is -0.350 e. The quantitative estimate of drug-likeness (QED) is 0.500. The molecule has 1 atom stereocenters. The number of hydrogen-bond acceptors (Lipinski definition) is 5. The number of nitrogens with one attached hydrogen (secondary N) is 2. The van der Waals surface area contributed by atoms with E-state index in [1.165, 1.54) is 12.4 Å². The topological polar surface area (TPSA) is 92.9 Å². The number of carbonyl (C=O) groups is 1. The summed E-state index contributed by atoms with van der Waals surface area (Å²) in [5.74, 6) is 5.82. The van der Waals surface area contributed by atoms with Crippen LogP contribution < -0.4 is 16.6 Å². The smallest absolute Gasteiger partial charge is 0.271 e. The second-order valence-electron chi connectivity index (χ2n) is 3.65. The lowest BCUT2D eigenvalue weighted by atomic mass is 10.1. The van der Waals surface area contributed by atoms with Crippen molar-refractivity contribution in [3.05, 3.63) is 18.1 Å². The second-order valence-corrected chi connectivity index (χ2v) is 3.65. The van der Waals surface area contributed by atoms with E-state index in [0.29, 0.717) is 24.0 Å². The number of nitrogens with two attached hydrogens (primary N) is 1. The van der Waals surface area contributed by atoms with Crippen LogP contribution in [-0.2, 0) is 0 Å². The SMILES string of the molecule is CCC(C)CNC(=O)c1cnc(NN)cn1. The van der Waals surface area contributed by atoms with Crippen LogP contribution in [0, 0.1) is 5.92 Å². The molecule has 0 aliphatic rings. The molecule has 1 rings (SSSR count). The Morgan fingerprint density at radius 2 is 2.25 bits per heavy atom. The van der Waals surface area contributed by atoms with Gasteiger partial charge >= 0.3 is 0 Å². The van der Waals surface area contributed by atoms with E-state index in [1.54, 1.807) is 0 Å². The minimum atomic E-state index is -0.212. The third-order valence-corrected chi connectivity index (χ3v) is 2.34. The van der Waals surface area contributed by atoms with Gasteiger partial charge in [-0.3, -0.25) is 4.79 Å². The predicted octanol–water partition coefficient (Wildman–Crippen LogP) is 0.538. The Morgan fingerprint density at radius 1 is 1.50 bits per heavy atom. The molecule has 16 heavy (non-hydrogen) atoms. The van der Waals surface area contributed by atoms with E-state index in [9.17, 15) is 4.79 Å². The molecule has 6 nitrogen and oxygen atoms in total. The first-order valence-electron chi connectivity index (χ1n) is 5.24. The molecule has 0 bridgehead atoms. The van der Waals surface area contributed by atoms with Crippen LogP contribution in [0.25, 0.3) is 0 Å². The number of nitrogen functional groups attached to an aromatic ring is 1. The molecule has 0 aliphatic heterocycles. The van der Waals surface area contributed by atoms with Gasteiger partial charge in [0.15, 0.2) is 5.82 Å². The Bertz CT molecular complexity index is 338. The van der Waals surface area contributed by atoms with Gasteiger partial charge in [-0.15, -0.1) is 0 Å². The maximum Gasteiger partial charge on any atom is 0.271 e. The lowest BCUT2D eigenvalue weighted by Gasteiger charge is -2.09. The summed E-state index contributed by atoms with van der Waals surface area (Å²) in [6.45, 7) is 4.81. The van der Waals surface area contributed by atoms with Crippen LogP contribution >= 0.6 is 0 Å². The maximum absolute atomic E-state index is 11.6. The number of carbonyl (C=O) groups excluding carboxylic acids is 1. The molecular weight excluding hydrogens is 206 g/mol.